The average Bonchev–Trinajstić information content (AvgIpc) is 3.02. The number of nitrogens with zero attached hydrogens (tertiary/aromatic N) is 1. The molecule has 1 saturated carbocycles. The molecule has 1 fully saturated rings. The van der Waals surface area contributed by atoms with Gasteiger partial charge < -0.3 is 10.5 Å². The molecule has 16 heavy (non-hydrogen) atoms. The standard InChI is InChI=1S/C10H11BrN2O3/c11-7-3-9(13(14)15)8(12)4-10(7)16-5-6-1-2-6/h3-4,6H,1-2,5,12H2. The molecule has 1 aromatic rings. The summed E-state index contributed by atoms with van der Waals surface area (Å²) in [6, 6.07) is 2.86. The van der Waals surface area contributed by atoms with E-state index in [1.807, 2.05) is 0 Å². The summed E-state index contributed by atoms with van der Waals surface area (Å²) in [5, 5.41) is 10.6. The highest BCUT2D eigenvalue weighted by Crippen LogP contribution is 2.36. The van der Waals surface area contributed by atoms with Gasteiger partial charge in [0.1, 0.15) is 11.4 Å². The highest BCUT2D eigenvalue weighted by Gasteiger charge is 2.23. The molecule has 0 heterocycles. The van der Waals surface area contributed by atoms with Crippen LogP contribution in [-0.4, -0.2) is 11.5 Å². The second-order valence-electron chi connectivity index (χ2n) is 3.85. The van der Waals surface area contributed by atoms with Gasteiger partial charge in [-0.05, 0) is 34.7 Å². The third-order valence-electron chi connectivity index (χ3n) is 2.45. The van der Waals surface area contributed by atoms with Crippen LogP contribution in [0.3, 0.4) is 0 Å². The lowest BCUT2D eigenvalue weighted by Crippen LogP contribution is -2.02. The second-order valence-corrected chi connectivity index (χ2v) is 4.71. The third kappa shape index (κ3) is 2.44. The quantitative estimate of drug-likeness (QED) is 0.524. The predicted octanol–water partition coefficient (Wildman–Crippen LogP) is 2.73. The maximum atomic E-state index is 10.6. The van der Waals surface area contributed by atoms with Crippen LogP contribution in [-0.2, 0) is 0 Å². The molecule has 86 valence electrons. The van der Waals surface area contributed by atoms with E-state index in [9.17, 15) is 10.1 Å². The van der Waals surface area contributed by atoms with Crippen LogP contribution in [0.15, 0.2) is 16.6 Å². The van der Waals surface area contributed by atoms with E-state index in [0.29, 0.717) is 22.7 Å². The average molecular weight is 287 g/mol. The second kappa shape index (κ2) is 4.29. The fourth-order valence-electron chi connectivity index (χ4n) is 1.32. The SMILES string of the molecule is Nc1cc(OCC2CC2)c(Br)cc1[N+](=O)[O-]. The van der Waals surface area contributed by atoms with Crippen molar-refractivity contribution in [2.24, 2.45) is 5.92 Å². The minimum Gasteiger partial charge on any atom is -0.492 e. The van der Waals surface area contributed by atoms with E-state index in [4.69, 9.17) is 10.5 Å². The first-order chi connectivity index (χ1) is 7.58. The van der Waals surface area contributed by atoms with Gasteiger partial charge in [-0.1, -0.05) is 0 Å². The summed E-state index contributed by atoms with van der Waals surface area (Å²) in [5.74, 6) is 1.19. The molecule has 0 aliphatic heterocycles. The third-order valence-corrected chi connectivity index (χ3v) is 3.07. The number of nitrogen functional groups attached to an aromatic ring is 1. The first-order valence-electron chi connectivity index (χ1n) is 4.94. The number of benzene rings is 1. The fraction of sp³-hybridized carbons (Fsp3) is 0.400. The summed E-state index contributed by atoms with van der Waals surface area (Å²) < 4.78 is 6.09. The maximum Gasteiger partial charge on any atom is 0.293 e. The highest BCUT2D eigenvalue weighted by atomic mass is 79.9. The van der Waals surface area contributed by atoms with Crippen LogP contribution in [0.25, 0.3) is 0 Å². The van der Waals surface area contributed by atoms with E-state index in [2.05, 4.69) is 15.9 Å². The molecule has 1 aromatic carbocycles. The minimum absolute atomic E-state index is 0.106. The largest absolute Gasteiger partial charge is 0.492 e. The van der Waals surface area contributed by atoms with Crippen molar-refractivity contribution in [3.8, 4) is 5.75 Å². The van der Waals surface area contributed by atoms with Gasteiger partial charge in [-0.25, -0.2) is 0 Å². The van der Waals surface area contributed by atoms with E-state index in [1.54, 1.807) is 0 Å². The lowest BCUT2D eigenvalue weighted by molar-refractivity contribution is -0.384. The van der Waals surface area contributed by atoms with Crippen molar-refractivity contribution in [1.29, 1.82) is 0 Å². The molecule has 0 spiro atoms. The normalized spacial score (nSPS) is 14.8. The Labute approximate surface area is 101 Å². The Balaban J connectivity index is 2.18. The molecule has 0 aromatic heterocycles. The molecule has 0 saturated heterocycles. The minimum atomic E-state index is -0.509. The van der Waals surface area contributed by atoms with E-state index >= 15 is 0 Å². The summed E-state index contributed by atoms with van der Waals surface area (Å²) in [5.41, 5.74) is 5.59. The first kappa shape index (κ1) is 11.2. The number of rotatable bonds is 4. The number of anilines is 1. The molecule has 6 heteroatoms. The Kier molecular flexibility index (Phi) is 3.00. The van der Waals surface area contributed by atoms with Crippen molar-refractivity contribution in [3.63, 3.8) is 0 Å². The van der Waals surface area contributed by atoms with Crippen LogP contribution in [0.5, 0.6) is 5.75 Å². The zero-order chi connectivity index (χ0) is 11.7. The number of ether oxygens (including phenoxy) is 1. The number of nitrogens with two attached hydrogens (primary N) is 1. The number of nitro groups is 1. The number of nitro benzene ring substituents is 1. The van der Waals surface area contributed by atoms with Gasteiger partial charge in [0.15, 0.2) is 0 Å². The molecular formula is C10H11BrN2O3. The molecule has 2 N–H and O–H groups in total. The van der Waals surface area contributed by atoms with Gasteiger partial charge in [0.05, 0.1) is 16.0 Å². The Hall–Kier alpha value is -1.30. The van der Waals surface area contributed by atoms with Gasteiger partial charge in [0.2, 0.25) is 0 Å². The topological polar surface area (TPSA) is 78.4 Å². The van der Waals surface area contributed by atoms with Crippen LogP contribution in [0, 0.1) is 16.0 Å². The van der Waals surface area contributed by atoms with Crippen LogP contribution in [0.1, 0.15) is 12.8 Å². The van der Waals surface area contributed by atoms with Crippen LogP contribution >= 0.6 is 15.9 Å². The van der Waals surface area contributed by atoms with E-state index in [1.165, 1.54) is 25.0 Å². The van der Waals surface area contributed by atoms with Crippen molar-refractivity contribution < 1.29 is 9.66 Å². The Morgan fingerprint density at radius 1 is 1.56 bits per heavy atom. The van der Waals surface area contributed by atoms with Crippen molar-refractivity contribution >= 4 is 27.3 Å². The summed E-state index contributed by atoms with van der Waals surface area (Å²) in [4.78, 5) is 10.1. The number of halogens is 1. The molecule has 1 aliphatic rings. The van der Waals surface area contributed by atoms with Crippen LogP contribution < -0.4 is 10.5 Å². The van der Waals surface area contributed by atoms with Gasteiger partial charge in [-0.3, -0.25) is 10.1 Å². The molecule has 1 aliphatic carbocycles. The molecule has 0 atom stereocenters. The molecule has 0 radical (unpaired) electrons. The van der Waals surface area contributed by atoms with Gasteiger partial charge >= 0.3 is 0 Å². The van der Waals surface area contributed by atoms with E-state index in [0.717, 1.165) is 0 Å². The highest BCUT2D eigenvalue weighted by molar-refractivity contribution is 9.10. The van der Waals surface area contributed by atoms with Gasteiger partial charge in [-0.2, -0.15) is 0 Å². The molecule has 0 amide bonds. The zero-order valence-electron chi connectivity index (χ0n) is 8.48. The maximum absolute atomic E-state index is 10.6. The van der Waals surface area contributed by atoms with E-state index < -0.39 is 4.92 Å². The lowest BCUT2D eigenvalue weighted by atomic mass is 10.2. The summed E-state index contributed by atoms with van der Waals surface area (Å²) in [7, 11) is 0. The fourth-order valence-corrected chi connectivity index (χ4v) is 1.77. The van der Waals surface area contributed by atoms with Crippen LogP contribution in [0.2, 0.25) is 0 Å². The van der Waals surface area contributed by atoms with E-state index in [-0.39, 0.29) is 11.4 Å². The first-order valence-corrected chi connectivity index (χ1v) is 5.73. The molecule has 0 bridgehead atoms. The van der Waals surface area contributed by atoms with Crippen molar-refractivity contribution in [2.45, 2.75) is 12.8 Å². The van der Waals surface area contributed by atoms with Gasteiger partial charge in [0.25, 0.3) is 5.69 Å². The summed E-state index contributed by atoms with van der Waals surface area (Å²) in [6.45, 7) is 0.649. The zero-order valence-corrected chi connectivity index (χ0v) is 10.1. The monoisotopic (exact) mass is 286 g/mol. The molecule has 5 nitrogen and oxygen atoms in total. The summed E-state index contributed by atoms with van der Waals surface area (Å²) in [6.07, 6.45) is 2.39. The Bertz CT molecular complexity index is 432. The predicted molar refractivity (Wildman–Crippen MR) is 63.4 cm³/mol. The Morgan fingerprint density at radius 2 is 2.25 bits per heavy atom. The van der Waals surface area contributed by atoms with Gasteiger partial charge in [0, 0.05) is 12.1 Å². The van der Waals surface area contributed by atoms with Crippen molar-refractivity contribution in [3.05, 3.63) is 26.7 Å². The Morgan fingerprint density at radius 3 is 2.81 bits per heavy atom. The van der Waals surface area contributed by atoms with Crippen molar-refractivity contribution in [1.82, 2.24) is 0 Å². The molecule has 0 unspecified atom stereocenters. The molecular weight excluding hydrogens is 276 g/mol. The van der Waals surface area contributed by atoms with Crippen molar-refractivity contribution in [2.75, 3.05) is 12.3 Å². The summed E-state index contributed by atoms with van der Waals surface area (Å²) >= 11 is 3.24. The van der Waals surface area contributed by atoms with Gasteiger partial charge in [-0.15, -0.1) is 0 Å². The molecule has 2 rings (SSSR count). The lowest BCUT2D eigenvalue weighted by Gasteiger charge is -2.08. The number of hydrogen-bond acceptors (Lipinski definition) is 4. The van der Waals surface area contributed by atoms with Crippen LogP contribution in [0.4, 0.5) is 11.4 Å². The smallest absolute Gasteiger partial charge is 0.293 e. The number of hydrogen-bond donors (Lipinski definition) is 1.